The average molecular weight is 523 g/mol. The molecule has 1 aromatic rings. The third-order valence-electron chi connectivity index (χ3n) is 5.84. The molecular weight excluding hydrogens is 488 g/mol. The van der Waals surface area contributed by atoms with Gasteiger partial charge in [-0.3, -0.25) is 24.0 Å². The molecule has 0 saturated carbocycles. The van der Waals surface area contributed by atoms with Crippen molar-refractivity contribution in [1.82, 2.24) is 10.6 Å². The van der Waals surface area contributed by atoms with Crippen LogP contribution in [0, 0.1) is 11.8 Å². The molecule has 204 valence electrons. The lowest BCUT2D eigenvalue weighted by atomic mass is 9.93. The van der Waals surface area contributed by atoms with Crippen LogP contribution in [-0.2, 0) is 35.2 Å². The Morgan fingerprint density at radius 3 is 1.78 bits per heavy atom. The number of aliphatic hydroxyl groups excluding tert-OH is 1. The molecule has 0 saturated heterocycles. The number of hydrogen-bond donors (Lipinski definition) is 6. The van der Waals surface area contributed by atoms with E-state index < -0.39 is 91.7 Å². The van der Waals surface area contributed by atoms with E-state index in [1.54, 1.807) is 6.92 Å². The van der Waals surface area contributed by atoms with Crippen LogP contribution >= 0.6 is 0 Å². The Morgan fingerprint density at radius 1 is 0.784 bits per heavy atom. The van der Waals surface area contributed by atoms with E-state index in [-0.39, 0.29) is 6.42 Å². The summed E-state index contributed by atoms with van der Waals surface area (Å²) in [5.74, 6) is -7.94. The largest absolute Gasteiger partial charge is 0.481 e. The van der Waals surface area contributed by atoms with Crippen LogP contribution in [0.1, 0.15) is 51.0 Å². The summed E-state index contributed by atoms with van der Waals surface area (Å²) in [6.45, 7) is 0.977. The predicted octanol–water partition coefficient (Wildman–Crippen LogP) is 0.607. The molecule has 12 heteroatoms. The number of carbonyl (C=O) groups excluding carboxylic acids is 3. The van der Waals surface area contributed by atoms with E-state index in [0.717, 1.165) is 5.56 Å². The SMILES string of the molecule is CC[C@@H](Cc1ccccc1)C(=O)N[C@@H](CCC(=O)O)C(=O)C[C@@H](CO)C(=O)N[C@@H](CCC(=O)O)C(=O)O. The summed E-state index contributed by atoms with van der Waals surface area (Å²) in [7, 11) is 0. The maximum absolute atomic E-state index is 13.0. The first kappa shape index (κ1) is 31.2. The fraction of sp³-hybridized carbons (Fsp3) is 0.520. The van der Waals surface area contributed by atoms with E-state index >= 15 is 0 Å². The summed E-state index contributed by atoms with van der Waals surface area (Å²) >= 11 is 0. The summed E-state index contributed by atoms with van der Waals surface area (Å²) in [6.07, 6.45) is -1.33. The second-order valence-corrected chi connectivity index (χ2v) is 8.67. The van der Waals surface area contributed by atoms with Crippen molar-refractivity contribution in [1.29, 1.82) is 0 Å². The van der Waals surface area contributed by atoms with Gasteiger partial charge in [0.1, 0.15) is 6.04 Å². The van der Waals surface area contributed by atoms with Crippen molar-refractivity contribution in [3.63, 3.8) is 0 Å². The second-order valence-electron chi connectivity index (χ2n) is 8.67. The van der Waals surface area contributed by atoms with Gasteiger partial charge in [-0.25, -0.2) is 4.79 Å². The highest BCUT2D eigenvalue weighted by molar-refractivity contribution is 5.94. The smallest absolute Gasteiger partial charge is 0.326 e. The minimum atomic E-state index is -1.54. The molecule has 2 amide bonds. The normalized spacial score (nSPS) is 14.0. The maximum Gasteiger partial charge on any atom is 0.326 e. The number of carbonyl (C=O) groups is 6. The highest BCUT2D eigenvalue weighted by atomic mass is 16.4. The number of carboxylic acid groups (broad SMARTS) is 3. The van der Waals surface area contributed by atoms with Crippen LogP contribution in [0.15, 0.2) is 30.3 Å². The molecule has 0 spiro atoms. The van der Waals surface area contributed by atoms with E-state index in [0.29, 0.717) is 12.8 Å². The number of hydrogen-bond acceptors (Lipinski definition) is 7. The molecule has 12 nitrogen and oxygen atoms in total. The quantitative estimate of drug-likeness (QED) is 0.158. The minimum Gasteiger partial charge on any atom is -0.481 e. The second kappa shape index (κ2) is 16.0. The highest BCUT2D eigenvalue weighted by Gasteiger charge is 2.31. The van der Waals surface area contributed by atoms with Crippen molar-refractivity contribution in [2.24, 2.45) is 11.8 Å². The van der Waals surface area contributed by atoms with Crippen molar-refractivity contribution in [3.8, 4) is 0 Å². The Hall–Kier alpha value is -3.80. The Kier molecular flexibility index (Phi) is 13.5. The van der Waals surface area contributed by atoms with Crippen LogP contribution in [-0.4, -0.2) is 74.6 Å². The molecule has 0 fully saturated rings. The highest BCUT2D eigenvalue weighted by Crippen LogP contribution is 2.15. The molecule has 0 heterocycles. The van der Waals surface area contributed by atoms with Crippen LogP contribution in [0.5, 0.6) is 0 Å². The van der Waals surface area contributed by atoms with Crippen LogP contribution in [0.25, 0.3) is 0 Å². The number of benzene rings is 1. The topological polar surface area (TPSA) is 207 Å². The van der Waals surface area contributed by atoms with Crippen LogP contribution in [0.4, 0.5) is 0 Å². The number of carboxylic acids is 3. The first-order valence-corrected chi connectivity index (χ1v) is 11.9. The van der Waals surface area contributed by atoms with Crippen LogP contribution in [0.3, 0.4) is 0 Å². The van der Waals surface area contributed by atoms with Gasteiger partial charge in [0.15, 0.2) is 5.78 Å². The fourth-order valence-electron chi connectivity index (χ4n) is 3.63. The third-order valence-corrected chi connectivity index (χ3v) is 5.84. The number of amides is 2. The van der Waals surface area contributed by atoms with E-state index in [1.807, 2.05) is 30.3 Å². The van der Waals surface area contributed by atoms with Gasteiger partial charge in [0.2, 0.25) is 11.8 Å². The number of rotatable bonds is 18. The van der Waals surface area contributed by atoms with Gasteiger partial charge in [-0.15, -0.1) is 0 Å². The van der Waals surface area contributed by atoms with Gasteiger partial charge in [-0.05, 0) is 31.2 Å². The van der Waals surface area contributed by atoms with E-state index in [1.165, 1.54) is 0 Å². The van der Waals surface area contributed by atoms with Gasteiger partial charge >= 0.3 is 17.9 Å². The number of ketones is 1. The Morgan fingerprint density at radius 2 is 1.30 bits per heavy atom. The molecular formula is C25H34N2O10. The van der Waals surface area contributed by atoms with Crippen molar-refractivity contribution in [3.05, 3.63) is 35.9 Å². The molecule has 0 unspecified atom stereocenters. The van der Waals surface area contributed by atoms with Crippen molar-refractivity contribution >= 4 is 35.5 Å². The van der Waals surface area contributed by atoms with E-state index in [4.69, 9.17) is 10.2 Å². The lowest BCUT2D eigenvalue weighted by molar-refractivity contribution is -0.144. The molecule has 6 N–H and O–H groups in total. The molecule has 37 heavy (non-hydrogen) atoms. The zero-order chi connectivity index (χ0) is 28.0. The molecule has 0 aliphatic rings. The molecule has 1 aromatic carbocycles. The molecule has 0 radical (unpaired) electrons. The summed E-state index contributed by atoms with van der Waals surface area (Å²) in [4.78, 5) is 71.6. The molecule has 4 atom stereocenters. The standard InChI is InChI=1S/C25H34N2O10/c1-2-16(12-15-6-4-3-5-7-15)23(34)26-18(8-10-21(30)31)20(29)13-17(14-28)24(35)27-19(25(36)37)9-11-22(32)33/h3-7,16-19,28H,2,8-14H2,1H3,(H,26,34)(H,27,35)(H,30,31)(H,32,33)(H,36,37)/t16-,17-,18-,19-/m0/s1. The average Bonchev–Trinajstić information content (AvgIpc) is 2.85. The van der Waals surface area contributed by atoms with Gasteiger partial charge in [0.25, 0.3) is 0 Å². The van der Waals surface area contributed by atoms with Crippen LogP contribution in [0.2, 0.25) is 0 Å². The van der Waals surface area contributed by atoms with Gasteiger partial charge in [-0.1, -0.05) is 37.3 Å². The minimum absolute atomic E-state index is 0.238. The lowest BCUT2D eigenvalue weighted by Crippen LogP contribution is -2.48. The Balaban J connectivity index is 2.93. The van der Waals surface area contributed by atoms with Gasteiger partial charge in [0.05, 0.1) is 18.6 Å². The first-order valence-electron chi connectivity index (χ1n) is 11.9. The maximum atomic E-state index is 13.0. The summed E-state index contributed by atoms with van der Waals surface area (Å²) in [6, 6.07) is 6.42. The number of nitrogens with one attached hydrogen (secondary N) is 2. The zero-order valence-electron chi connectivity index (χ0n) is 20.6. The lowest BCUT2D eigenvalue weighted by Gasteiger charge is -2.23. The predicted molar refractivity (Wildman–Crippen MR) is 129 cm³/mol. The zero-order valence-corrected chi connectivity index (χ0v) is 20.6. The third kappa shape index (κ3) is 11.7. The molecule has 0 aliphatic carbocycles. The van der Waals surface area contributed by atoms with Crippen molar-refractivity contribution < 1.29 is 49.2 Å². The van der Waals surface area contributed by atoms with Gasteiger partial charge in [-0.2, -0.15) is 0 Å². The Labute approximate surface area is 214 Å². The van der Waals surface area contributed by atoms with Crippen molar-refractivity contribution in [2.45, 2.75) is 64.0 Å². The first-order chi connectivity index (χ1) is 17.5. The summed E-state index contributed by atoms with van der Waals surface area (Å²) < 4.78 is 0. The van der Waals surface area contributed by atoms with Gasteiger partial charge < -0.3 is 31.1 Å². The monoisotopic (exact) mass is 522 g/mol. The molecule has 0 bridgehead atoms. The summed E-state index contributed by atoms with van der Waals surface area (Å²) in [5, 5.41) is 41.4. The van der Waals surface area contributed by atoms with Crippen molar-refractivity contribution in [2.75, 3.05) is 6.61 Å². The molecule has 1 rings (SSSR count). The number of aliphatic hydroxyl groups is 1. The summed E-state index contributed by atoms with van der Waals surface area (Å²) in [5.41, 5.74) is 0.908. The van der Waals surface area contributed by atoms with E-state index in [9.17, 15) is 39.0 Å². The number of Topliss-reactive ketones (excluding diaryl/α,β-unsaturated/α-hetero) is 1. The van der Waals surface area contributed by atoms with E-state index in [2.05, 4.69) is 10.6 Å². The molecule has 0 aliphatic heterocycles. The Bertz CT molecular complexity index is 950. The van der Waals surface area contributed by atoms with Crippen LogP contribution < -0.4 is 10.6 Å². The van der Waals surface area contributed by atoms with Gasteiger partial charge in [0, 0.05) is 25.2 Å². The fourth-order valence-corrected chi connectivity index (χ4v) is 3.63. The molecule has 0 aromatic heterocycles. The number of aliphatic carboxylic acids is 3.